The quantitative estimate of drug-likeness (QED) is 0.688. The van der Waals surface area contributed by atoms with Crippen molar-refractivity contribution >= 4 is 11.3 Å². The summed E-state index contributed by atoms with van der Waals surface area (Å²) in [6.45, 7) is 7.09. The molecule has 0 aromatic carbocycles. The van der Waals surface area contributed by atoms with Gasteiger partial charge in [-0.05, 0) is 24.4 Å². The zero-order valence-electron chi connectivity index (χ0n) is 8.12. The minimum Gasteiger partial charge on any atom is -0.310 e. The molecule has 0 aliphatic heterocycles. The summed E-state index contributed by atoms with van der Waals surface area (Å²) in [5, 5.41) is 5.57. The van der Waals surface area contributed by atoms with Crippen molar-refractivity contribution in [3.8, 4) is 0 Å². The lowest BCUT2D eigenvalue weighted by atomic mass is 10.2. The maximum absolute atomic E-state index is 3.84. The first-order valence-electron chi connectivity index (χ1n) is 4.75. The van der Waals surface area contributed by atoms with Crippen LogP contribution in [0.15, 0.2) is 30.2 Å². The van der Waals surface area contributed by atoms with Gasteiger partial charge < -0.3 is 5.32 Å². The molecule has 0 spiro atoms. The zero-order chi connectivity index (χ0) is 9.52. The van der Waals surface area contributed by atoms with E-state index in [2.05, 4.69) is 36.3 Å². The Bertz CT molecular complexity index is 228. The van der Waals surface area contributed by atoms with Crippen molar-refractivity contribution in [2.45, 2.75) is 25.8 Å². The van der Waals surface area contributed by atoms with Crippen LogP contribution in [0.25, 0.3) is 0 Å². The van der Waals surface area contributed by atoms with Crippen molar-refractivity contribution in [3.05, 3.63) is 35.0 Å². The van der Waals surface area contributed by atoms with Crippen LogP contribution in [-0.2, 0) is 6.42 Å². The van der Waals surface area contributed by atoms with Crippen LogP contribution >= 0.6 is 11.3 Å². The van der Waals surface area contributed by atoms with E-state index in [0.29, 0.717) is 6.04 Å². The Kier molecular flexibility index (Phi) is 4.79. The lowest BCUT2D eigenvalue weighted by Gasteiger charge is -2.12. The average Bonchev–Trinajstić information content (AvgIpc) is 2.64. The van der Waals surface area contributed by atoms with Crippen molar-refractivity contribution in [1.82, 2.24) is 5.32 Å². The molecule has 1 atom stereocenters. The van der Waals surface area contributed by atoms with Crippen LogP contribution in [0.2, 0.25) is 0 Å². The van der Waals surface area contributed by atoms with Gasteiger partial charge in [-0.3, -0.25) is 0 Å². The van der Waals surface area contributed by atoms with Gasteiger partial charge in [-0.1, -0.05) is 19.1 Å². The highest BCUT2D eigenvalue weighted by Gasteiger charge is 2.03. The normalized spacial score (nSPS) is 12.7. The predicted octanol–water partition coefficient (Wildman–Crippen LogP) is 2.84. The molecule has 1 heterocycles. The molecule has 1 aromatic rings. The molecule has 0 aliphatic carbocycles. The molecule has 0 fully saturated rings. The lowest BCUT2D eigenvalue weighted by molar-refractivity contribution is 0.588. The fourth-order valence-corrected chi connectivity index (χ4v) is 1.98. The minimum absolute atomic E-state index is 0.429. The molecule has 2 heteroatoms. The first-order valence-corrected chi connectivity index (χ1v) is 5.63. The summed E-state index contributed by atoms with van der Waals surface area (Å²) in [5.41, 5.74) is 0. The Morgan fingerprint density at radius 1 is 1.69 bits per heavy atom. The minimum atomic E-state index is 0.429. The molecule has 0 radical (unpaired) electrons. The number of hydrogen-bond acceptors (Lipinski definition) is 2. The van der Waals surface area contributed by atoms with Gasteiger partial charge >= 0.3 is 0 Å². The van der Waals surface area contributed by atoms with E-state index in [9.17, 15) is 0 Å². The number of nitrogens with one attached hydrogen (secondary N) is 1. The monoisotopic (exact) mass is 195 g/mol. The van der Waals surface area contributed by atoms with E-state index in [-0.39, 0.29) is 0 Å². The number of thiophene rings is 1. The SMILES string of the molecule is C=CC(Cc1cccs1)NCCC. The number of hydrogen-bond donors (Lipinski definition) is 1. The molecule has 0 saturated heterocycles. The predicted molar refractivity (Wildman–Crippen MR) is 60.3 cm³/mol. The zero-order valence-corrected chi connectivity index (χ0v) is 8.94. The van der Waals surface area contributed by atoms with Gasteiger partial charge in [-0.25, -0.2) is 0 Å². The molecule has 0 saturated carbocycles. The second kappa shape index (κ2) is 5.95. The van der Waals surface area contributed by atoms with Crippen LogP contribution in [0.1, 0.15) is 18.2 Å². The van der Waals surface area contributed by atoms with Gasteiger partial charge in [0.25, 0.3) is 0 Å². The molecule has 1 N–H and O–H groups in total. The van der Waals surface area contributed by atoms with Crippen molar-refractivity contribution in [3.63, 3.8) is 0 Å². The molecule has 0 amide bonds. The van der Waals surface area contributed by atoms with E-state index in [4.69, 9.17) is 0 Å². The third-order valence-corrected chi connectivity index (χ3v) is 2.84. The van der Waals surface area contributed by atoms with E-state index in [1.54, 1.807) is 0 Å². The highest BCUT2D eigenvalue weighted by molar-refractivity contribution is 7.09. The third kappa shape index (κ3) is 3.75. The summed E-state index contributed by atoms with van der Waals surface area (Å²) >= 11 is 1.81. The van der Waals surface area contributed by atoms with Gasteiger partial charge in [0, 0.05) is 17.3 Å². The lowest BCUT2D eigenvalue weighted by Crippen LogP contribution is -2.29. The highest BCUT2D eigenvalue weighted by atomic mass is 32.1. The molecule has 1 aromatic heterocycles. The van der Waals surface area contributed by atoms with Gasteiger partial charge in [-0.2, -0.15) is 0 Å². The summed E-state index contributed by atoms with van der Waals surface area (Å²) in [7, 11) is 0. The van der Waals surface area contributed by atoms with Crippen LogP contribution in [0.4, 0.5) is 0 Å². The molecule has 1 unspecified atom stereocenters. The number of rotatable bonds is 6. The first kappa shape index (κ1) is 10.5. The van der Waals surface area contributed by atoms with E-state index in [0.717, 1.165) is 13.0 Å². The van der Waals surface area contributed by atoms with E-state index in [1.165, 1.54) is 11.3 Å². The van der Waals surface area contributed by atoms with Crippen LogP contribution in [0.5, 0.6) is 0 Å². The molecule has 1 rings (SSSR count). The largest absolute Gasteiger partial charge is 0.310 e. The standard InChI is InChI=1S/C11H17NS/c1-3-7-12-10(4-2)9-11-6-5-8-13-11/h4-6,8,10,12H,2-3,7,9H2,1H3. The summed E-state index contributed by atoms with van der Waals surface area (Å²) < 4.78 is 0. The topological polar surface area (TPSA) is 12.0 Å². The Balaban J connectivity index is 2.35. The molecule has 13 heavy (non-hydrogen) atoms. The van der Waals surface area contributed by atoms with E-state index < -0.39 is 0 Å². The van der Waals surface area contributed by atoms with Crippen LogP contribution < -0.4 is 5.32 Å². The fraction of sp³-hybridized carbons (Fsp3) is 0.455. The van der Waals surface area contributed by atoms with Crippen LogP contribution in [-0.4, -0.2) is 12.6 Å². The van der Waals surface area contributed by atoms with Crippen molar-refractivity contribution in [1.29, 1.82) is 0 Å². The second-order valence-electron chi connectivity index (χ2n) is 3.08. The van der Waals surface area contributed by atoms with Crippen molar-refractivity contribution in [2.75, 3.05) is 6.54 Å². The van der Waals surface area contributed by atoms with Gasteiger partial charge in [0.05, 0.1) is 0 Å². The summed E-state index contributed by atoms with van der Waals surface area (Å²) in [6, 6.07) is 4.70. The molecule has 72 valence electrons. The molecule has 0 aliphatic rings. The summed E-state index contributed by atoms with van der Waals surface area (Å²) in [5.74, 6) is 0. The second-order valence-corrected chi connectivity index (χ2v) is 4.11. The smallest absolute Gasteiger partial charge is 0.0295 e. The summed E-state index contributed by atoms with van der Waals surface area (Å²) in [4.78, 5) is 1.42. The Morgan fingerprint density at radius 3 is 3.08 bits per heavy atom. The van der Waals surface area contributed by atoms with E-state index in [1.807, 2.05) is 17.4 Å². The molecule has 1 nitrogen and oxygen atoms in total. The summed E-state index contributed by atoms with van der Waals surface area (Å²) in [6.07, 6.45) is 4.24. The average molecular weight is 195 g/mol. The van der Waals surface area contributed by atoms with Gasteiger partial charge in [-0.15, -0.1) is 17.9 Å². The maximum Gasteiger partial charge on any atom is 0.0295 e. The molecular formula is C11H17NS. The maximum atomic E-state index is 3.84. The fourth-order valence-electron chi connectivity index (χ4n) is 1.21. The van der Waals surface area contributed by atoms with Gasteiger partial charge in [0.15, 0.2) is 0 Å². The highest BCUT2D eigenvalue weighted by Crippen LogP contribution is 2.11. The Morgan fingerprint density at radius 2 is 2.54 bits per heavy atom. The Labute approximate surface area is 84.5 Å². The van der Waals surface area contributed by atoms with Gasteiger partial charge in [0.2, 0.25) is 0 Å². The third-order valence-electron chi connectivity index (χ3n) is 1.94. The Hall–Kier alpha value is -0.600. The molecular weight excluding hydrogens is 178 g/mol. The van der Waals surface area contributed by atoms with Gasteiger partial charge in [0.1, 0.15) is 0 Å². The molecule has 0 bridgehead atoms. The first-order chi connectivity index (χ1) is 6.36. The van der Waals surface area contributed by atoms with Crippen LogP contribution in [0, 0.1) is 0 Å². The van der Waals surface area contributed by atoms with Crippen molar-refractivity contribution < 1.29 is 0 Å². The van der Waals surface area contributed by atoms with Crippen LogP contribution in [0.3, 0.4) is 0 Å². The van der Waals surface area contributed by atoms with Crippen molar-refractivity contribution in [2.24, 2.45) is 0 Å². The van der Waals surface area contributed by atoms with E-state index >= 15 is 0 Å².